The highest BCUT2D eigenvalue weighted by Gasteiger charge is 2.29. The van der Waals surface area contributed by atoms with Crippen LogP contribution in [-0.4, -0.2) is 23.9 Å². The SMILES string of the molecule is C=CC(=O)N1CCC(/C=C\Cc2ccc(C(F)(F)F)cc2)C1. The lowest BCUT2D eigenvalue weighted by atomic mass is 10.1. The van der Waals surface area contributed by atoms with E-state index in [9.17, 15) is 18.0 Å². The minimum Gasteiger partial charge on any atom is -0.339 e. The zero-order valence-electron chi connectivity index (χ0n) is 12.1. The molecule has 1 unspecified atom stereocenters. The van der Waals surface area contributed by atoms with Crippen LogP contribution in [0.5, 0.6) is 0 Å². The van der Waals surface area contributed by atoms with Crippen LogP contribution in [0.1, 0.15) is 17.5 Å². The van der Waals surface area contributed by atoms with Crippen molar-refractivity contribution in [3.63, 3.8) is 0 Å². The molecule has 1 saturated heterocycles. The maximum Gasteiger partial charge on any atom is 0.416 e. The molecule has 0 spiro atoms. The number of rotatable bonds is 4. The second-order valence-corrected chi connectivity index (χ2v) is 5.36. The number of alkyl halides is 3. The van der Waals surface area contributed by atoms with E-state index in [0.717, 1.165) is 30.7 Å². The van der Waals surface area contributed by atoms with Crippen molar-refractivity contribution in [1.82, 2.24) is 4.90 Å². The van der Waals surface area contributed by atoms with Gasteiger partial charge >= 0.3 is 6.18 Å². The zero-order valence-corrected chi connectivity index (χ0v) is 12.1. The van der Waals surface area contributed by atoms with Crippen molar-refractivity contribution in [3.8, 4) is 0 Å². The van der Waals surface area contributed by atoms with Crippen molar-refractivity contribution >= 4 is 5.91 Å². The van der Waals surface area contributed by atoms with Crippen LogP contribution in [0.15, 0.2) is 49.1 Å². The second kappa shape index (κ2) is 6.81. The molecule has 5 heteroatoms. The summed E-state index contributed by atoms with van der Waals surface area (Å²) >= 11 is 0. The Labute approximate surface area is 127 Å². The first-order chi connectivity index (χ1) is 10.4. The number of carbonyl (C=O) groups excluding carboxylic acids is 1. The number of hydrogen-bond donors (Lipinski definition) is 0. The van der Waals surface area contributed by atoms with Crippen LogP contribution < -0.4 is 0 Å². The van der Waals surface area contributed by atoms with Crippen LogP contribution in [0.25, 0.3) is 0 Å². The molecule has 2 rings (SSSR count). The Morgan fingerprint density at radius 3 is 2.59 bits per heavy atom. The Kier molecular flexibility index (Phi) is 5.06. The first-order valence-electron chi connectivity index (χ1n) is 7.14. The van der Waals surface area contributed by atoms with Gasteiger partial charge in [0.1, 0.15) is 0 Å². The molecule has 1 aromatic carbocycles. The van der Waals surface area contributed by atoms with Gasteiger partial charge in [-0.25, -0.2) is 0 Å². The standard InChI is InChI=1S/C17H18F3NO/c1-2-16(22)21-11-10-14(12-21)5-3-4-13-6-8-15(9-7-13)17(18,19)20/h2-3,5-9,14H,1,4,10-12H2/b5-3-. The van der Waals surface area contributed by atoms with Gasteiger partial charge in [-0.3, -0.25) is 4.79 Å². The van der Waals surface area contributed by atoms with E-state index in [0.29, 0.717) is 18.9 Å². The molecular weight excluding hydrogens is 291 g/mol. The summed E-state index contributed by atoms with van der Waals surface area (Å²) < 4.78 is 37.4. The van der Waals surface area contributed by atoms with E-state index in [-0.39, 0.29) is 5.91 Å². The topological polar surface area (TPSA) is 20.3 Å². The highest BCUT2D eigenvalue weighted by Crippen LogP contribution is 2.29. The molecule has 1 fully saturated rings. The number of benzene rings is 1. The molecular formula is C17H18F3NO. The summed E-state index contributed by atoms with van der Waals surface area (Å²) in [6.45, 7) is 4.86. The first kappa shape index (κ1) is 16.3. The maximum absolute atomic E-state index is 12.5. The van der Waals surface area contributed by atoms with Gasteiger partial charge in [-0.2, -0.15) is 13.2 Å². The van der Waals surface area contributed by atoms with Gasteiger partial charge < -0.3 is 4.90 Å². The third kappa shape index (κ3) is 4.23. The Balaban J connectivity index is 1.86. The Morgan fingerprint density at radius 2 is 2.00 bits per heavy atom. The molecule has 0 aromatic heterocycles. The minimum atomic E-state index is -4.29. The third-order valence-corrected chi connectivity index (χ3v) is 3.75. The average molecular weight is 309 g/mol. The van der Waals surface area contributed by atoms with Crippen molar-refractivity contribution in [2.24, 2.45) is 5.92 Å². The van der Waals surface area contributed by atoms with E-state index >= 15 is 0 Å². The number of carbonyl (C=O) groups is 1. The van der Waals surface area contributed by atoms with Crippen molar-refractivity contribution in [2.45, 2.75) is 19.0 Å². The molecule has 1 atom stereocenters. The molecule has 1 aromatic rings. The molecule has 0 radical (unpaired) electrons. The van der Waals surface area contributed by atoms with E-state index in [4.69, 9.17) is 0 Å². The molecule has 2 nitrogen and oxygen atoms in total. The van der Waals surface area contributed by atoms with E-state index in [1.165, 1.54) is 18.2 Å². The summed E-state index contributed by atoms with van der Waals surface area (Å²) in [4.78, 5) is 13.2. The smallest absolute Gasteiger partial charge is 0.339 e. The molecule has 1 amide bonds. The Hall–Kier alpha value is -2.04. The van der Waals surface area contributed by atoms with Gasteiger partial charge in [0, 0.05) is 13.1 Å². The van der Waals surface area contributed by atoms with Crippen LogP contribution in [0.2, 0.25) is 0 Å². The molecule has 0 bridgehead atoms. The van der Waals surface area contributed by atoms with Crippen LogP contribution in [0, 0.1) is 5.92 Å². The lowest BCUT2D eigenvalue weighted by Crippen LogP contribution is -2.26. The summed E-state index contributed by atoms with van der Waals surface area (Å²) in [6.07, 6.45) is 2.50. The number of nitrogens with zero attached hydrogens (tertiary/aromatic N) is 1. The maximum atomic E-state index is 12.5. The molecule has 1 aliphatic rings. The number of allylic oxidation sites excluding steroid dienone is 1. The molecule has 0 saturated carbocycles. The van der Waals surface area contributed by atoms with E-state index in [1.807, 2.05) is 12.2 Å². The average Bonchev–Trinajstić information content (AvgIpc) is 2.95. The summed E-state index contributed by atoms with van der Waals surface area (Å²) in [5.74, 6) is 0.247. The van der Waals surface area contributed by atoms with E-state index in [2.05, 4.69) is 6.58 Å². The van der Waals surface area contributed by atoms with Crippen LogP contribution in [-0.2, 0) is 17.4 Å². The molecule has 0 N–H and O–H groups in total. The van der Waals surface area contributed by atoms with Gasteiger partial charge in [0.25, 0.3) is 0 Å². The third-order valence-electron chi connectivity index (χ3n) is 3.75. The van der Waals surface area contributed by atoms with Gasteiger partial charge in [0.2, 0.25) is 5.91 Å². The van der Waals surface area contributed by atoms with Crippen molar-refractivity contribution < 1.29 is 18.0 Å². The van der Waals surface area contributed by atoms with Crippen LogP contribution in [0.4, 0.5) is 13.2 Å². The molecule has 22 heavy (non-hydrogen) atoms. The number of likely N-dealkylation sites (tertiary alicyclic amines) is 1. The van der Waals surface area contributed by atoms with Crippen molar-refractivity contribution in [1.29, 1.82) is 0 Å². The number of amides is 1. The molecule has 1 heterocycles. The zero-order chi connectivity index (χ0) is 16.2. The van der Waals surface area contributed by atoms with Gasteiger partial charge in [-0.15, -0.1) is 0 Å². The van der Waals surface area contributed by atoms with Gasteiger partial charge in [-0.05, 0) is 42.5 Å². The summed E-state index contributed by atoms with van der Waals surface area (Å²) in [5.41, 5.74) is 0.205. The Bertz CT molecular complexity index is 560. The first-order valence-corrected chi connectivity index (χ1v) is 7.14. The van der Waals surface area contributed by atoms with Gasteiger partial charge in [0.15, 0.2) is 0 Å². The predicted molar refractivity (Wildman–Crippen MR) is 79.2 cm³/mol. The van der Waals surface area contributed by atoms with Crippen LogP contribution in [0.3, 0.4) is 0 Å². The predicted octanol–water partition coefficient (Wildman–Crippen LogP) is 3.84. The van der Waals surface area contributed by atoms with Gasteiger partial charge in [-0.1, -0.05) is 30.9 Å². The fraction of sp³-hybridized carbons (Fsp3) is 0.353. The Morgan fingerprint density at radius 1 is 1.32 bits per heavy atom. The fourth-order valence-corrected chi connectivity index (χ4v) is 2.50. The lowest BCUT2D eigenvalue weighted by molar-refractivity contribution is -0.137. The van der Waals surface area contributed by atoms with E-state index in [1.54, 1.807) is 4.90 Å². The summed E-state index contributed by atoms with van der Waals surface area (Å²) in [6, 6.07) is 5.19. The normalized spacial score (nSPS) is 18.9. The van der Waals surface area contributed by atoms with E-state index < -0.39 is 11.7 Å². The minimum absolute atomic E-state index is 0.0568. The van der Waals surface area contributed by atoms with Crippen LogP contribution >= 0.6 is 0 Å². The van der Waals surface area contributed by atoms with Crippen molar-refractivity contribution in [2.75, 3.05) is 13.1 Å². The van der Waals surface area contributed by atoms with Gasteiger partial charge in [0.05, 0.1) is 5.56 Å². The number of halogens is 3. The lowest BCUT2D eigenvalue weighted by Gasteiger charge is -2.12. The summed E-state index contributed by atoms with van der Waals surface area (Å²) in [7, 11) is 0. The molecule has 0 aliphatic carbocycles. The largest absolute Gasteiger partial charge is 0.416 e. The number of hydrogen-bond acceptors (Lipinski definition) is 1. The molecule has 118 valence electrons. The molecule has 1 aliphatic heterocycles. The second-order valence-electron chi connectivity index (χ2n) is 5.36. The highest BCUT2D eigenvalue weighted by atomic mass is 19.4. The summed E-state index contributed by atoms with van der Waals surface area (Å²) in [5, 5.41) is 0. The monoisotopic (exact) mass is 309 g/mol. The quantitative estimate of drug-likeness (QED) is 0.611. The highest BCUT2D eigenvalue weighted by molar-refractivity contribution is 5.87. The fourth-order valence-electron chi connectivity index (χ4n) is 2.50. The van der Waals surface area contributed by atoms with Crippen molar-refractivity contribution in [3.05, 3.63) is 60.2 Å².